The first-order valence-electron chi connectivity index (χ1n) is 7.80. The van der Waals surface area contributed by atoms with Crippen molar-refractivity contribution in [1.29, 1.82) is 0 Å². The van der Waals surface area contributed by atoms with Gasteiger partial charge >= 0.3 is 0 Å². The maximum absolute atomic E-state index is 12.1. The summed E-state index contributed by atoms with van der Waals surface area (Å²) in [5.74, 6) is -0.155. The van der Waals surface area contributed by atoms with Crippen LogP contribution in [0.25, 0.3) is 0 Å². The summed E-state index contributed by atoms with van der Waals surface area (Å²) in [4.78, 5) is 17.0. The molecule has 7 heteroatoms. The number of aromatic nitrogens is 2. The Balaban J connectivity index is 1.60. The average Bonchev–Trinajstić information content (AvgIpc) is 3.08. The molecule has 1 amide bonds. The van der Waals surface area contributed by atoms with Crippen LogP contribution in [0.4, 0.5) is 10.8 Å². The summed E-state index contributed by atoms with van der Waals surface area (Å²) in [7, 11) is 0. The molecule has 0 saturated carbocycles. The van der Waals surface area contributed by atoms with E-state index in [4.69, 9.17) is 0 Å². The third-order valence-corrected chi connectivity index (χ3v) is 4.73. The van der Waals surface area contributed by atoms with Crippen LogP contribution in [0.3, 0.4) is 0 Å². The van der Waals surface area contributed by atoms with Crippen LogP contribution in [0.2, 0.25) is 0 Å². The van der Waals surface area contributed by atoms with Gasteiger partial charge in [0, 0.05) is 43.5 Å². The summed E-state index contributed by atoms with van der Waals surface area (Å²) < 4.78 is 0. The van der Waals surface area contributed by atoms with Crippen molar-refractivity contribution < 1.29 is 4.79 Å². The number of hydrogen-bond donors (Lipinski definition) is 1. The number of carbonyl (C=O) groups is 1. The molecule has 1 saturated heterocycles. The third kappa shape index (κ3) is 3.86. The Bertz CT molecular complexity index is 633. The highest BCUT2D eigenvalue weighted by molar-refractivity contribution is 7.13. The van der Waals surface area contributed by atoms with E-state index in [0.29, 0.717) is 16.7 Å². The number of benzene rings is 1. The minimum absolute atomic E-state index is 0.155. The monoisotopic (exact) mass is 331 g/mol. The first-order chi connectivity index (χ1) is 11.1. The fourth-order valence-electron chi connectivity index (χ4n) is 2.72. The summed E-state index contributed by atoms with van der Waals surface area (Å²) in [5.41, 5.74) is 3.39. The van der Waals surface area contributed by atoms with E-state index in [0.717, 1.165) is 26.2 Å². The molecular formula is C16H21N5OS. The minimum atomic E-state index is -0.155. The summed E-state index contributed by atoms with van der Waals surface area (Å²) in [6, 6.07) is 8.35. The van der Waals surface area contributed by atoms with Crippen LogP contribution in [0.1, 0.15) is 24.2 Å². The van der Waals surface area contributed by atoms with E-state index >= 15 is 0 Å². The zero-order chi connectivity index (χ0) is 16.2. The average molecular weight is 331 g/mol. The van der Waals surface area contributed by atoms with Gasteiger partial charge in [0.15, 0.2) is 0 Å². The Hall–Kier alpha value is -1.99. The Labute approximate surface area is 140 Å². The van der Waals surface area contributed by atoms with Crippen LogP contribution in [-0.4, -0.2) is 53.2 Å². The largest absolute Gasteiger partial charge is 0.369 e. The van der Waals surface area contributed by atoms with E-state index < -0.39 is 0 Å². The van der Waals surface area contributed by atoms with Crippen molar-refractivity contribution in [2.75, 3.05) is 36.4 Å². The predicted molar refractivity (Wildman–Crippen MR) is 93.2 cm³/mol. The number of carbonyl (C=O) groups excluding carboxylic acids is 1. The number of nitrogens with zero attached hydrogens (tertiary/aromatic N) is 4. The van der Waals surface area contributed by atoms with Gasteiger partial charge in [-0.25, -0.2) is 0 Å². The van der Waals surface area contributed by atoms with Crippen molar-refractivity contribution in [3.05, 3.63) is 35.3 Å². The number of nitrogens with one attached hydrogen (secondary N) is 1. The number of amides is 1. The van der Waals surface area contributed by atoms with Crippen molar-refractivity contribution >= 4 is 28.1 Å². The maximum Gasteiger partial charge on any atom is 0.257 e. The second-order valence-electron chi connectivity index (χ2n) is 5.86. The van der Waals surface area contributed by atoms with E-state index in [1.807, 2.05) is 24.3 Å². The van der Waals surface area contributed by atoms with Gasteiger partial charge in [-0.15, -0.1) is 10.2 Å². The SMILES string of the molecule is CC(C)N1CCN(c2ccc(C(=O)Nc3nncs3)cc2)CC1. The molecular weight excluding hydrogens is 310 g/mol. The molecule has 2 heterocycles. The summed E-state index contributed by atoms with van der Waals surface area (Å²) >= 11 is 1.31. The van der Waals surface area contributed by atoms with Gasteiger partial charge in [0.25, 0.3) is 5.91 Å². The van der Waals surface area contributed by atoms with Gasteiger partial charge in [-0.3, -0.25) is 15.0 Å². The molecule has 1 N–H and O–H groups in total. The van der Waals surface area contributed by atoms with E-state index in [1.165, 1.54) is 17.0 Å². The fourth-order valence-corrected chi connectivity index (χ4v) is 3.16. The number of piperazine rings is 1. The lowest BCUT2D eigenvalue weighted by Gasteiger charge is -2.38. The Morgan fingerprint density at radius 1 is 1.17 bits per heavy atom. The fraction of sp³-hybridized carbons (Fsp3) is 0.438. The van der Waals surface area contributed by atoms with Gasteiger partial charge in [-0.1, -0.05) is 11.3 Å². The standard InChI is InChI=1S/C16H21N5OS/c1-12(2)20-7-9-21(10-8-20)14-5-3-13(4-6-14)15(22)18-16-19-17-11-23-16/h3-6,11-12H,7-10H2,1-2H3,(H,18,19,22). The summed E-state index contributed by atoms with van der Waals surface area (Å²) in [5, 5.41) is 10.8. The molecule has 23 heavy (non-hydrogen) atoms. The highest BCUT2D eigenvalue weighted by Crippen LogP contribution is 2.19. The predicted octanol–water partition coefficient (Wildman–Crippen LogP) is 2.32. The number of hydrogen-bond acceptors (Lipinski definition) is 6. The van der Waals surface area contributed by atoms with Gasteiger partial charge in [0.1, 0.15) is 5.51 Å². The van der Waals surface area contributed by atoms with Gasteiger partial charge in [0.05, 0.1) is 0 Å². The molecule has 0 bridgehead atoms. The topological polar surface area (TPSA) is 61.4 Å². The minimum Gasteiger partial charge on any atom is -0.369 e. The van der Waals surface area contributed by atoms with Crippen LogP contribution in [0.5, 0.6) is 0 Å². The number of anilines is 2. The normalized spacial score (nSPS) is 15.9. The molecule has 1 aliphatic heterocycles. The highest BCUT2D eigenvalue weighted by Gasteiger charge is 2.19. The molecule has 3 rings (SSSR count). The second-order valence-corrected chi connectivity index (χ2v) is 6.69. The van der Waals surface area contributed by atoms with Crippen molar-refractivity contribution in [3.8, 4) is 0 Å². The van der Waals surface area contributed by atoms with Gasteiger partial charge in [-0.2, -0.15) is 0 Å². The van der Waals surface area contributed by atoms with E-state index in [2.05, 4.69) is 39.2 Å². The molecule has 0 spiro atoms. The Morgan fingerprint density at radius 3 is 2.43 bits per heavy atom. The molecule has 1 aliphatic rings. The Morgan fingerprint density at radius 2 is 1.87 bits per heavy atom. The van der Waals surface area contributed by atoms with Crippen molar-refractivity contribution in [2.45, 2.75) is 19.9 Å². The quantitative estimate of drug-likeness (QED) is 0.932. The second kappa shape index (κ2) is 7.06. The Kier molecular flexibility index (Phi) is 4.88. The van der Waals surface area contributed by atoms with Crippen LogP contribution >= 0.6 is 11.3 Å². The van der Waals surface area contributed by atoms with Crippen molar-refractivity contribution in [1.82, 2.24) is 15.1 Å². The maximum atomic E-state index is 12.1. The lowest BCUT2D eigenvalue weighted by atomic mass is 10.1. The first-order valence-corrected chi connectivity index (χ1v) is 8.68. The van der Waals surface area contributed by atoms with Crippen LogP contribution in [0.15, 0.2) is 29.8 Å². The van der Waals surface area contributed by atoms with Crippen LogP contribution in [0, 0.1) is 0 Å². The third-order valence-electron chi connectivity index (χ3n) is 4.12. The molecule has 2 aromatic rings. The smallest absolute Gasteiger partial charge is 0.257 e. The zero-order valence-electron chi connectivity index (χ0n) is 13.4. The van der Waals surface area contributed by atoms with Crippen molar-refractivity contribution in [3.63, 3.8) is 0 Å². The van der Waals surface area contributed by atoms with Crippen molar-refractivity contribution in [2.24, 2.45) is 0 Å². The molecule has 0 aliphatic carbocycles. The van der Waals surface area contributed by atoms with Crippen LogP contribution < -0.4 is 10.2 Å². The first kappa shape index (κ1) is 15.9. The van der Waals surface area contributed by atoms with E-state index in [1.54, 1.807) is 5.51 Å². The van der Waals surface area contributed by atoms with E-state index in [-0.39, 0.29) is 5.91 Å². The lowest BCUT2D eigenvalue weighted by molar-refractivity contribution is 0.102. The lowest BCUT2D eigenvalue weighted by Crippen LogP contribution is -2.48. The van der Waals surface area contributed by atoms with Gasteiger partial charge < -0.3 is 4.90 Å². The van der Waals surface area contributed by atoms with Gasteiger partial charge in [0.2, 0.25) is 5.13 Å². The highest BCUT2D eigenvalue weighted by atomic mass is 32.1. The molecule has 1 aromatic carbocycles. The summed E-state index contributed by atoms with van der Waals surface area (Å²) in [6.07, 6.45) is 0. The molecule has 0 radical (unpaired) electrons. The number of rotatable bonds is 4. The zero-order valence-corrected chi connectivity index (χ0v) is 14.2. The molecule has 1 aromatic heterocycles. The molecule has 1 fully saturated rings. The molecule has 0 unspecified atom stereocenters. The molecule has 6 nitrogen and oxygen atoms in total. The van der Waals surface area contributed by atoms with Gasteiger partial charge in [-0.05, 0) is 38.1 Å². The van der Waals surface area contributed by atoms with Crippen LogP contribution in [-0.2, 0) is 0 Å². The van der Waals surface area contributed by atoms with E-state index in [9.17, 15) is 4.79 Å². The summed E-state index contributed by atoms with van der Waals surface area (Å²) in [6.45, 7) is 8.68. The molecule has 122 valence electrons. The molecule has 0 atom stereocenters.